The van der Waals surface area contributed by atoms with Gasteiger partial charge in [0, 0.05) is 30.9 Å². The molecule has 0 saturated heterocycles. The van der Waals surface area contributed by atoms with Gasteiger partial charge in [-0.3, -0.25) is 9.67 Å². The summed E-state index contributed by atoms with van der Waals surface area (Å²) >= 11 is 0. The van der Waals surface area contributed by atoms with Crippen LogP contribution in [0.25, 0.3) is 33.3 Å². The number of carboxylic acids is 1. The standard InChI is InChI=1S/C24H21N5O2/c1-3-29(15-8-5-4-6-9-15)20-11-7-10-16-22(27-28(2)23(16)20)19-14-18-21(26-19)17(24(30)31)12-13-25-18/h4-14,26H,3H2,1-2H3,(H,30,31). The number of nitrogens with one attached hydrogen (secondary N) is 1. The summed E-state index contributed by atoms with van der Waals surface area (Å²) in [4.78, 5) is 21.4. The van der Waals surface area contributed by atoms with E-state index in [0.717, 1.165) is 40.2 Å². The van der Waals surface area contributed by atoms with Gasteiger partial charge in [0.1, 0.15) is 5.69 Å². The van der Waals surface area contributed by atoms with E-state index in [1.807, 2.05) is 48.1 Å². The molecule has 5 aromatic rings. The molecular formula is C24H21N5O2. The first-order valence-corrected chi connectivity index (χ1v) is 10.1. The summed E-state index contributed by atoms with van der Waals surface area (Å²) in [5.74, 6) is -0.990. The van der Waals surface area contributed by atoms with E-state index >= 15 is 0 Å². The summed E-state index contributed by atoms with van der Waals surface area (Å²) in [6.07, 6.45) is 1.51. The van der Waals surface area contributed by atoms with Crippen molar-refractivity contribution in [3.8, 4) is 11.4 Å². The number of aromatic carboxylic acids is 1. The van der Waals surface area contributed by atoms with E-state index in [9.17, 15) is 9.90 Å². The number of carboxylic acid groups (broad SMARTS) is 1. The largest absolute Gasteiger partial charge is 0.478 e. The maximum absolute atomic E-state index is 11.6. The highest BCUT2D eigenvalue weighted by Gasteiger charge is 2.20. The Bertz CT molecular complexity index is 1420. The lowest BCUT2D eigenvalue weighted by Crippen LogP contribution is -2.16. The quantitative estimate of drug-likeness (QED) is 0.426. The third-order valence-corrected chi connectivity index (χ3v) is 5.52. The molecule has 0 aliphatic heterocycles. The Labute approximate surface area is 178 Å². The minimum absolute atomic E-state index is 0.193. The van der Waals surface area contributed by atoms with Crippen LogP contribution in [0.15, 0.2) is 66.9 Å². The van der Waals surface area contributed by atoms with Crippen molar-refractivity contribution in [3.05, 3.63) is 72.4 Å². The number of fused-ring (bicyclic) bond motifs is 2. The van der Waals surface area contributed by atoms with Crippen molar-refractivity contribution in [1.82, 2.24) is 19.7 Å². The molecule has 5 rings (SSSR count). The summed E-state index contributed by atoms with van der Waals surface area (Å²) < 4.78 is 1.88. The number of aromatic amines is 1. The van der Waals surface area contributed by atoms with E-state index in [4.69, 9.17) is 5.10 Å². The monoisotopic (exact) mass is 411 g/mol. The Morgan fingerprint density at radius 3 is 2.68 bits per heavy atom. The fraction of sp³-hybridized carbons (Fsp3) is 0.125. The van der Waals surface area contributed by atoms with Gasteiger partial charge in [0.25, 0.3) is 0 Å². The zero-order valence-electron chi connectivity index (χ0n) is 17.2. The van der Waals surface area contributed by atoms with E-state index in [1.165, 1.54) is 12.3 Å². The van der Waals surface area contributed by atoms with Gasteiger partial charge in [-0.25, -0.2) is 4.79 Å². The van der Waals surface area contributed by atoms with Crippen molar-refractivity contribution in [1.29, 1.82) is 0 Å². The van der Waals surface area contributed by atoms with Crippen LogP contribution in [0, 0.1) is 0 Å². The van der Waals surface area contributed by atoms with E-state index in [2.05, 4.69) is 40.0 Å². The zero-order valence-corrected chi connectivity index (χ0v) is 17.2. The van der Waals surface area contributed by atoms with E-state index in [0.29, 0.717) is 11.0 Å². The molecule has 0 radical (unpaired) electrons. The molecule has 0 bridgehead atoms. The zero-order chi connectivity index (χ0) is 21.5. The molecule has 0 aliphatic rings. The van der Waals surface area contributed by atoms with Gasteiger partial charge in [0.05, 0.1) is 33.5 Å². The number of rotatable bonds is 5. The lowest BCUT2D eigenvalue weighted by molar-refractivity contribution is 0.0698. The number of hydrogen-bond acceptors (Lipinski definition) is 4. The maximum Gasteiger partial charge on any atom is 0.337 e. The molecule has 0 spiro atoms. The molecule has 2 N–H and O–H groups in total. The number of aromatic nitrogens is 4. The molecular weight excluding hydrogens is 390 g/mol. The minimum atomic E-state index is -0.990. The Morgan fingerprint density at radius 2 is 1.94 bits per heavy atom. The lowest BCUT2D eigenvalue weighted by atomic mass is 10.1. The number of anilines is 2. The van der Waals surface area contributed by atoms with Crippen LogP contribution in [0.5, 0.6) is 0 Å². The molecule has 0 unspecified atom stereocenters. The van der Waals surface area contributed by atoms with Gasteiger partial charge in [0.2, 0.25) is 0 Å². The fourth-order valence-corrected chi connectivity index (χ4v) is 4.17. The topological polar surface area (TPSA) is 87.0 Å². The Kier molecular flexibility index (Phi) is 4.43. The lowest BCUT2D eigenvalue weighted by Gasteiger charge is -2.24. The number of H-pyrrole nitrogens is 1. The minimum Gasteiger partial charge on any atom is -0.478 e. The third kappa shape index (κ3) is 3.02. The van der Waals surface area contributed by atoms with Crippen LogP contribution in [0.4, 0.5) is 11.4 Å². The maximum atomic E-state index is 11.6. The van der Waals surface area contributed by atoms with Gasteiger partial charge in [0.15, 0.2) is 0 Å². The normalized spacial score (nSPS) is 11.3. The molecule has 3 heterocycles. The highest BCUT2D eigenvalue weighted by Crippen LogP contribution is 2.37. The molecule has 0 saturated carbocycles. The van der Waals surface area contributed by atoms with Crippen LogP contribution < -0.4 is 4.90 Å². The van der Waals surface area contributed by atoms with E-state index < -0.39 is 5.97 Å². The van der Waals surface area contributed by atoms with Gasteiger partial charge in [-0.2, -0.15) is 5.10 Å². The molecule has 0 amide bonds. The fourth-order valence-electron chi connectivity index (χ4n) is 4.17. The highest BCUT2D eigenvalue weighted by molar-refractivity contribution is 6.05. The number of para-hydroxylation sites is 2. The number of nitrogens with zero attached hydrogens (tertiary/aromatic N) is 4. The van der Waals surface area contributed by atoms with Crippen molar-refractivity contribution in [2.45, 2.75) is 6.92 Å². The highest BCUT2D eigenvalue weighted by atomic mass is 16.4. The number of benzene rings is 2. The second-order valence-electron chi connectivity index (χ2n) is 7.33. The predicted octanol–water partition coefficient (Wildman–Crippen LogP) is 4.97. The van der Waals surface area contributed by atoms with Gasteiger partial charge < -0.3 is 15.0 Å². The van der Waals surface area contributed by atoms with Crippen LogP contribution in [0.2, 0.25) is 0 Å². The molecule has 0 atom stereocenters. The number of carbonyl (C=O) groups is 1. The molecule has 0 fully saturated rings. The van der Waals surface area contributed by atoms with Crippen molar-refractivity contribution in [3.63, 3.8) is 0 Å². The van der Waals surface area contributed by atoms with Crippen molar-refractivity contribution in [2.24, 2.45) is 7.05 Å². The summed E-state index contributed by atoms with van der Waals surface area (Å²) in [6.45, 7) is 2.93. The van der Waals surface area contributed by atoms with Crippen molar-refractivity contribution in [2.75, 3.05) is 11.4 Å². The van der Waals surface area contributed by atoms with Crippen LogP contribution >= 0.6 is 0 Å². The Morgan fingerprint density at radius 1 is 1.13 bits per heavy atom. The summed E-state index contributed by atoms with van der Waals surface area (Å²) in [5.41, 5.74) is 5.98. The van der Waals surface area contributed by atoms with Crippen LogP contribution in [-0.4, -0.2) is 37.4 Å². The molecule has 7 heteroatoms. The van der Waals surface area contributed by atoms with Crippen LogP contribution in [0.1, 0.15) is 17.3 Å². The number of aryl methyl sites for hydroxylation is 1. The number of hydrogen-bond donors (Lipinski definition) is 2. The average Bonchev–Trinajstić information content (AvgIpc) is 3.36. The first kappa shape index (κ1) is 18.9. The Hall–Kier alpha value is -4.13. The SMILES string of the molecule is CCN(c1ccccc1)c1cccc2c(-c3cc4nccc(C(=O)O)c4[nH]3)nn(C)c12. The summed E-state index contributed by atoms with van der Waals surface area (Å²) in [7, 11) is 1.93. The summed E-state index contributed by atoms with van der Waals surface area (Å²) in [6, 6.07) is 19.8. The third-order valence-electron chi connectivity index (χ3n) is 5.52. The van der Waals surface area contributed by atoms with Gasteiger partial charge >= 0.3 is 5.97 Å². The van der Waals surface area contributed by atoms with Gasteiger partial charge in [-0.15, -0.1) is 0 Å². The second kappa shape index (κ2) is 7.28. The molecule has 7 nitrogen and oxygen atoms in total. The smallest absolute Gasteiger partial charge is 0.337 e. The first-order valence-electron chi connectivity index (χ1n) is 10.1. The molecule has 0 aliphatic carbocycles. The predicted molar refractivity (Wildman–Crippen MR) is 122 cm³/mol. The van der Waals surface area contributed by atoms with Crippen molar-refractivity contribution >= 4 is 39.3 Å². The average molecular weight is 411 g/mol. The van der Waals surface area contributed by atoms with Gasteiger partial charge in [-0.1, -0.05) is 30.3 Å². The van der Waals surface area contributed by atoms with E-state index in [-0.39, 0.29) is 5.56 Å². The molecule has 2 aromatic carbocycles. The van der Waals surface area contributed by atoms with Gasteiger partial charge in [-0.05, 0) is 37.3 Å². The van der Waals surface area contributed by atoms with Crippen molar-refractivity contribution < 1.29 is 9.90 Å². The molecule has 3 aromatic heterocycles. The number of pyridine rings is 1. The first-order chi connectivity index (χ1) is 15.1. The van der Waals surface area contributed by atoms with Crippen LogP contribution in [-0.2, 0) is 7.05 Å². The van der Waals surface area contributed by atoms with E-state index in [1.54, 1.807) is 0 Å². The molecule has 31 heavy (non-hydrogen) atoms. The van der Waals surface area contributed by atoms with Crippen LogP contribution in [0.3, 0.4) is 0 Å². The summed E-state index contributed by atoms with van der Waals surface area (Å²) in [5, 5.41) is 15.3. The Balaban J connectivity index is 1.71. The molecule has 154 valence electrons. The second-order valence-corrected chi connectivity index (χ2v) is 7.33.